The largest absolute Gasteiger partial charge is 0.497 e. The molecule has 0 saturated carbocycles. The number of hydrogen-bond donors (Lipinski definition) is 3. The maximum atomic E-state index is 5.54. The summed E-state index contributed by atoms with van der Waals surface area (Å²) in [7, 11) is 1.69. The Hall–Kier alpha value is -1.85. The van der Waals surface area contributed by atoms with Gasteiger partial charge in [0.05, 0.1) is 38.6 Å². The first kappa shape index (κ1) is 23.4. The fourth-order valence-corrected chi connectivity index (χ4v) is 3.25. The Morgan fingerprint density at radius 2 is 2.00 bits per heavy atom. The molecule has 1 aromatic carbocycles. The molecule has 1 aliphatic rings. The zero-order chi connectivity index (χ0) is 19.6. The molecular weight excluding hydrogens is 483 g/mol. The van der Waals surface area contributed by atoms with Gasteiger partial charge < -0.3 is 20.1 Å². The third-order valence-electron chi connectivity index (χ3n) is 4.76. The molecule has 0 radical (unpaired) electrons. The second-order valence-corrected chi connectivity index (χ2v) is 6.60. The molecule has 8 nitrogen and oxygen atoms in total. The topological polar surface area (TPSA) is 86.8 Å². The lowest BCUT2D eigenvalue weighted by molar-refractivity contribution is 0.0170. The maximum absolute atomic E-state index is 5.54. The van der Waals surface area contributed by atoms with Gasteiger partial charge >= 0.3 is 0 Å². The van der Waals surface area contributed by atoms with Crippen LogP contribution in [0.3, 0.4) is 0 Å². The number of rotatable bonds is 8. The summed E-state index contributed by atoms with van der Waals surface area (Å²) in [5, 5.41) is 13.7. The zero-order valence-electron chi connectivity index (χ0n) is 17.1. The van der Waals surface area contributed by atoms with Gasteiger partial charge in [-0.2, -0.15) is 5.10 Å². The molecule has 0 bridgehead atoms. The Bertz CT molecular complexity index is 717. The summed E-state index contributed by atoms with van der Waals surface area (Å²) >= 11 is 0. The van der Waals surface area contributed by atoms with E-state index in [0.29, 0.717) is 6.54 Å². The summed E-state index contributed by atoms with van der Waals surface area (Å²) in [6.07, 6.45) is 1.74. The van der Waals surface area contributed by atoms with Gasteiger partial charge in [-0.3, -0.25) is 10.00 Å². The quantitative estimate of drug-likeness (QED) is 0.285. The van der Waals surface area contributed by atoms with Crippen molar-refractivity contribution in [3.05, 3.63) is 47.8 Å². The van der Waals surface area contributed by atoms with E-state index in [9.17, 15) is 0 Å². The van der Waals surface area contributed by atoms with E-state index in [-0.39, 0.29) is 30.0 Å². The number of halogens is 1. The summed E-state index contributed by atoms with van der Waals surface area (Å²) < 4.78 is 10.8. The second kappa shape index (κ2) is 12.7. The lowest BCUT2D eigenvalue weighted by Crippen LogP contribution is -2.46. The Labute approximate surface area is 189 Å². The number of methoxy groups -OCH3 is 1. The van der Waals surface area contributed by atoms with Gasteiger partial charge in [-0.1, -0.05) is 12.1 Å². The summed E-state index contributed by atoms with van der Waals surface area (Å²) in [6.45, 7) is 7.54. The van der Waals surface area contributed by atoms with Crippen molar-refractivity contribution in [2.75, 3.05) is 46.5 Å². The third kappa shape index (κ3) is 7.16. The molecule has 1 aliphatic heterocycles. The van der Waals surface area contributed by atoms with Gasteiger partial charge in [0.25, 0.3) is 0 Å². The number of benzene rings is 1. The minimum absolute atomic E-state index is 0. The Kier molecular flexibility index (Phi) is 10.2. The first-order valence-electron chi connectivity index (χ1n) is 9.76. The van der Waals surface area contributed by atoms with Crippen LogP contribution in [0.2, 0.25) is 0 Å². The van der Waals surface area contributed by atoms with Crippen LogP contribution in [0.1, 0.15) is 24.2 Å². The van der Waals surface area contributed by atoms with Crippen molar-refractivity contribution in [2.45, 2.75) is 19.5 Å². The standard InChI is InChI=1S/C20H30N6O2.HI/c1-3-21-20(22-14-17-8-9-24-25-17)23-15-19(26-10-12-28-13-11-26)16-4-6-18(27-2)7-5-16;/h4-9,19H,3,10-15H2,1-2H3,(H,24,25)(H2,21,22,23);1H. The molecule has 1 saturated heterocycles. The second-order valence-electron chi connectivity index (χ2n) is 6.60. The molecule has 0 aliphatic carbocycles. The minimum Gasteiger partial charge on any atom is -0.497 e. The maximum Gasteiger partial charge on any atom is 0.191 e. The fourth-order valence-electron chi connectivity index (χ4n) is 3.25. The highest BCUT2D eigenvalue weighted by atomic mass is 127. The molecule has 2 heterocycles. The van der Waals surface area contributed by atoms with Crippen LogP contribution in [0.4, 0.5) is 0 Å². The number of aromatic amines is 1. The van der Waals surface area contributed by atoms with E-state index < -0.39 is 0 Å². The molecule has 1 atom stereocenters. The van der Waals surface area contributed by atoms with E-state index >= 15 is 0 Å². The smallest absolute Gasteiger partial charge is 0.191 e. The Morgan fingerprint density at radius 1 is 1.24 bits per heavy atom. The van der Waals surface area contributed by atoms with E-state index in [1.54, 1.807) is 13.3 Å². The summed E-state index contributed by atoms with van der Waals surface area (Å²) in [5.41, 5.74) is 2.23. The molecule has 1 unspecified atom stereocenters. The van der Waals surface area contributed by atoms with Gasteiger partial charge in [-0.15, -0.1) is 24.0 Å². The van der Waals surface area contributed by atoms with Gasteiger partial charge in [0.15, 0.2) is 5.96 Å². The van der Waals surface area contributed by atoms with Crippen LogP contribution in [0, 0.1) is 0 Å². The lowest BCUT2D eigenvalue weighted by Gasteiger charge is -2.35. The average molecular weight is 514 g/mol. The van der Waals surface area contributed by atoms with Crippen molar-refractivity contribution >= 4 is 29.9 Å². The van der Waals surface area contributed by atoms with Gasteiger partial charge in [-0.25, -0.2) is 4.99 Å². The zero-order valence-corrected chi connectivity index (χ0v) is 19.4. The van der Waals surface area contributed by atoms with Crippen molar-refractivity contribution in [1.29, 1.82) is 0 Å². The predicted molar refractivity (Wildman–Crippen MR) is 125 cm³/mol. The van der Waals surface area contributed by atoms with E-state index in [2.05, 4.69) is 49.8 Å². The van der Waals surface area contributed by atoms with Crippen LogP contribution in [0.25, 0.3) is 0 Å². The molecule has 29 heavy (non-hydrogen) atoms. The summed E-state index contributed by atoms with van der Waals surface area (Å²) in [5.74, 6) is 1.66. The number of morpholine rings is 1. The molecule has 3 N–H and O–H groups in total. The highest BCUT2D eigenvalue weighted by Gasteiger charge is 2.23. The van der Waals surface area contributed by atoms with Crippen molar-refractivity contribution in [3.63, 3.8) is 0 Å². The number of nitrogens with zero attached hydrogens (tertiary/aromatic N) is 3. The van der Waals surface area contributed by atoms with E-state index in [0.717, 1.165) is 56.8 Å². The molecule has 0 amide bonds. The van der Waals surface area contributed by atoms with Crippen molar-refractivity contribution in [3.8, 4) is 5.75 Å². The molecular formula is C20H31IN6O2. The number of nitrogens with one attached hydrogen (secondary N) is 3. The predicted octanol–water partition coefficient (Wildman–Crippen LogP) is 2.16. The number of aromatic nitrogens is 2. The van der Waals surface area contributed by atoms with Crippen LogP contribution in [-0.2, 0) is 11.3 Å². The van der Waals surface area contributed by atoms with E-state index in [4.69, 9.17) is 9.47 Å². The van der Waals surface area contributed by atoms with Crippen molar-refractivity contribution < 1.29 is 9.47 Å². The number of hydrogen-bond acceptors (Lipinski definition) is 5. The van der Waals surface area contributed by atoms with Gasteiger partial charge in [-0.05, 0) is 30.7 Å². The third-order valence-corrected chi connectivity index (χ3v) is 4.76. The van der Waals surface area contributed by atoms with Gasteiger partial charge in [0, 0.05) is 32.4 Å². The molecule has 3 rings (SSSR count). The minimum atomic E-state index is 0. The summed E-state index contributed by atoms with van der Waals surface area (Å²) in [6, 6.07) is 10.5. The first-order chi connectivity index (χ1) is 13.8. The van der Waals surface area contributed by atoms with Crippen molar-refractivity contribution in [2.24, 2.45) is 4.99 Å². The Morgan fingerprint density at radius 3 is 2.62 bits per heavy atom. The van der Waals surface area contributed by atoms with Gasteiger partial charge in [0.1, 0.15) is 5.75 Å². The van der Waals surface area contributed by atoms with Gasteiger partial charge in [0.2, 0.25) is 0 Å². The van der Waals surface area contributed by atoms with E-state index in [1.165, 1.54) is 5.56 Å². The van der Waals surface area contributed by atoms with Crippen LogP contribution >= 0.6 is 24.0 Å². The average Bonchev–Trinajstić information content (AvgIpc) is 3.27. The lowest BCUT2D eigenvalue weighted by atomic mass is 10.0. The molecule has 1 fully saturated rings. The molecule has 1 aromatic heterocycles. The molecule has 0 spiro atoms. The van der Waals surface area contributed by atoms with Crippen LogP contribution in [-0.4, -0.2) is 67.6 Å². The van der Waals surface area contributed by atoms with Crippen LogP contribution in [0.5, 0.6) is 5.75 Å². The molecule has 160 valence electrons. The first-order valence-corrected chi connectivity index (χ1v) is 9.76. The number of aliphatic imine (C=N–C) groups is 1. The highest BCUT2D eigenvalue weighted by molar-refractivity contribution is 14.0. The molecule has 9 heteroatoms. The highest BCUT2D eigenvalue weighted by Crippen LogP contribution is 2.23. The fraction of sp³-hybridized carbons (Fsp3) is 0.500. The van der Waals surface area contributed by atoms with E-state index in [1.807, 2.05) is 18.2 Å². The summed E-state index contributed by atoms with van der Waals surface area (Å²) in [4.78, 5) is 7.11. The normalized spacial score (nSPS) is 16.0. The number of guanidine groups is 1. The molecule has 2 aromatic rings. The number of H-pyrrole nitrogens is 1. The SMILES string of the molecule is CCNC(=NCc1ccn[nH]1)NCC(c1ccc(OC)cc1)N1CCOCC1.I. The van der Waals surface area contributed by atoms with Crippen LogP contribution < -0.4 is 15.4 Å². The Balaban J connectivity index is 0.00000300. The number of ether oxygens (including phenoxy) is 2. The van der Waals surface area contributed by atoms with Crippen LogP contribution in [0.15, 0.2) is 41.5 Å². The monoisotopic (exact) mass is 514 g/mol. The van der Waals surface area contributed by atoms with Crippen molar-refractivity contribution in [1.82, 2.24) is 25.7 Å².